The zero-order valence-corrected chi connectivity index (χ0v) is 17.3. The second kappa shape index (κ2) is 8.46. The van der Waals surface area contributed by atoms with Gasteiger partial charge in [-0.1, -0.05) is 30.3 Å². The van der Waals surface area contributed by atoms with Gasteiger partial charge < -0.3 is 0 Å². The van der Waals surface area contributed by atoms with Crippen molar-refractivity contribution in [2.45, 2.75) is 25.3 Å². The molecule has 0 bridgehead atoms. The Hall–Kier alpha value is -3.67. The molecule has 1 fully saturated rings. The van der Waals surface area contributed by atoms with Crippen molar-refractivity contribution in [2.75, 3.05) is 0 Å². The molecule has 6 heteroatoms. The Balaban J connectivity index is 1.57. The highest BCUT2D eigenvalue weighted by Crippen LogP contribution is 2.44. The van der Waals surface area contributed by atoms with Crippen LogP contribution in [0.5, 0.6) is 0 Å². The summed E-state index contributed by atoms with van der Waals surface area (Å²) in [6.45, 7) is 0. The molecule has 2 aliphatic rings. The van der Waals surface area contributed by atoms with Crippen LogP contribution in [0.4, 0.5) is 8.78 Å². The lowest BCUT2D eigenvalue weighted by molar-refractivity contribution is 0.0674. The zero-order chi connectivity index (χ0) is 22.1. The number of allylic oxidation sites excluding steroid dienone is 1. The molecule has 0 saturated heterocycles. The fraction of sp³-hybridized carbons (Fsp3) is 0.192. The Labute approximate surface area is 184 Å². The molecule has 2 heterocycles. The second-order valence-electron chi connectivity index (χ2n) is 8.07. The van der Waals surface area contributed by atoms with Crippen LogP contribution in [-0.4, -0.2) is 21.6 Å². The van der Waals surface area contributed by atoms with Gasteiger partial charge in [-0.2, -0.15) is 5.10 Å². The number of pyridine rings is 1. The molecule has 2 atom stereocenters. The van der Waals surface area contributed by atoms with E-state index < -0.39 is 0 Å². The van der Waals surface area contributed by atoms with E-state index in [0.29, 0.717) is 5.69 Å². The van der Waals surface area contributed by atoms with Crippen molar-refractivity contribution in [2.24, 2.45) is 11.0 Å². The van der Waals surface area contributed by atoms with Gasteiger partial charge in [-0.05, 0) is 78.4 Å². The number of aromatic nitrogens is 1. The van der Waals surface area contributed by atoms with E-state index in [-0.39, 0.29) is 29.5 Å². The third-order valence-electron chi connectivity index (χ3n) is 6.02. The third-order valence-corrected chi connectivity index (χ3v) is 6.02. The predicted octanol–water partition coefficient (Wildman–Crippen LogP) is 5.80. The van der Waals surface area contributed by atoms with Crippen molar-refractivity contribution in [3.8, 4) is 0 Å². The number of nitrogens with zero attached hydrogens (tertiary/aromatic N) is 3. The van der Waals surface area contributed by atoms with E-state index >= 15 is 0 Å². The number of hydrogen-bond donors (Lipinski definition) is 0. The molecule has 1 aromatic heterocycles. The molecular formula is C26H21F2N3O. The van der Waals surface area contributed by atoms with Crippen molar-refractivity contribution >= 4 is 17.7 Å². The van der Waals surface area contributed by atoms with Crippen molar-refractivity contribution in [1.82, 2.24) is 9.99 Å². The molecule has 0 spiro atoms. The van der Waals surface area contributed by atoms with E-state index in [9.17, 15) is 13.6 Å². The van der Waals surface area contributed by atoms with E-state index in [2.05, 4.69) is 4.98 Å². The van der Waals surface area contributed by atoms with Gasteiger partial charge >= 0.3 is 0 Å². The van der Waals surface area contributed by atoms with Crippen LogP contribution in [-0.2, 0) is 0 Å². The normalized spacial score (nSPS) is 21.4. The van der Waals surface area contributed by atoms with Gasteiger partial charge in [-0.3, -0.25) is 9.78 Å². The molecule has 3 aromatic rings. The first-order valence-electron chi connectivity index (χ1n) is 10.7. The summed E-state index contributed by atoms with van der Waals surface area (Å²) in [5, 5.41) is 6.29. The molecule has 4 nitrogen and oxygen atoms in total. The Morgan fingerprint density at radius 1 is 0.969 bits per heavy atom. The van der Waals surface area contributed by atoms with Gasteiger partial charge in [0.1, 0.15) is 17.3 Å². The number of halogens is 2. The molecule has 0 unspecified atom stereocenters. The van der Waals surface area contributed by atoms with Gasteiger partial charge in [0, 0.05) is 12.1 Å². The Morgan fingerprint density at radius 2 is 1.69 bits per heavy atom. The number of carbonyl (C=O) groups excluding carboxylic acids is 1. The molecule has 0 N–H and O–H groups in total. The fourth-order valence-electron chi connectivity index (χ4n) is 4.53. The number of carbonyl (C=O) groups is 1. The summed E-state index contributed by atoms with van der Waals surface area (Å²) in [5.41, 5.74) is 3.93. The number of hydrazone groups is 1. The quantitative estimate of drug-likeness (QED) is 0.529. The molecule has 1 saturated carbocycles. The number of benzene rings is 2. The number of rotatable bonds is 3. The van der Waals surface area contributed by atoms with Crippen LogP contribution in [0.25, 0.3) is 6.08 Å². The smallest absolute Gasteiger partial charge is 0.265 e. The van der Waals surface area contributed by atoms with Crippen LogP contribution in [0.3, 0.4) is 0 Å². The molecule has 2 aromatic carbocycles. The number of fused-ring (bicyclic) bond motifs is 1. The van der Waals surface area contributed by atoms with Crippen molar-refractivity contribution in [3.63, 3.8) is 0 Å². The molecule has 1 amide bonds. The summed E-state index contributed by atoms with van der Waals surface area (Å²) in [5.74, 6) is -0.900. The van der Waals surface area contributed by atoms with Gasteiger partial charge in [0.25, 0.3) is 5.91 Å². The number of hydrogen-bond acceptors (Lipinski definition) is 3. The highest BCUT2D eigenvalue weighted by molar-refractivity contribution is 6.09. The maximum atomic E-state index is 13.6. The van der Waals surface area contributed by atoms with Crippen LogP contribution in [0.1, 0.15) is 46.9 Å². The lowest BCUT2D eigenvalue weighted by Crippen LogP contribution is -2.32. The van der Waals surface area contributed by atoms with E-state index in [0.717, 1.165) is 41.7 Å². The molecule has 5 rings (SSSR count). The second-order valence-corrected chi connectivity index (χ2v) is 8.07. The van der Waals surface area contributed by atoms with Crippen LogP contribution >= 0.6 is 0 Å². The minimum Gasteiger partial charge on any atom is -0.265 e. The van der Waals surface area contributed by atoms with Crippen molar-refractivity contribution < 1.29 is 13.6 Å². The molecule has 32 heavy (non-hydrogen) atoms. The molecule has 160 valence electrons. The van der Waals surface area contributed by atoms with Crippen LogP contribution < -0.4 is 0 Å². The first-order valence-corrected chi connectivity index (χ1v) is 10.7. The Kier molecular flexibility index (Phi) is 5.35. The summed E-state index contributed by atoms with van der Waals surface area (Å²) in [6.07, 6.45) is 6.24. The lowest BCUT2D eigenvalue weighted by atomic mass is 9.77. The van der Waals surface area contributed by atoms with Crippen molar-refractivity contribution in [1.29, 1.82) is 0 Å². The third kappa shape index (κ3) is 3.84. The summed E-state index contributed by atoms with van der Waals surface area (Å²) in [7, 11) is 0. The minimum absolute atomic E-state index is 0.00595. The van der Waals surface area contributed by atoms with Gasteiger partial charge in [0.15, 0.2) is 0 Å². The monoisotopic (exact) mass is 429 g/mol. The molecular weight excluding hydrogens is 408 g/mol. The van der Waals surface area contributed by atoms with E-state index in [1.165, 1.54) is 29.3 Å². The number of amides is 1. The average molecular weight is 429 g/mol. The van der Waals surface area contributed by atoms with E-state index in [4.69, 9.17) is 5.10 Å². The highest BCUT2D eigenvalue weighted by atomic mass is 19.1. The fourth-order valence-corrected chi connectivity index (χ4v) is 4.53. The first kappa shape index (κ1) is 20.2. The van der Waals surface area contributed by atoms with Gasteiger partial charge in [-0.25, -0.2) is 13.8 Å². The van der Waals surface area contributed by atoms with Gasteiger partial charge in [0.05, 0.1) is 11.8 Å². The topological polar surface area (TPSA) is 45.6 Å². The maximum Gasteiger partial charge on any atom is 0.293 e. The molecule has 1 aliphatic heterocycles. The highest BCUT2D eigenvalue weighted by Gasteiger charge is 2.44. The molecule has 0 radical (unpaired) electrons. The van der Waals surface area contributed by atoms with Crippen LogP contribution in [0.2, 0.25) is 0 Å². The molecule has 1 aliphatic carbocycles. The minimum atomic E-state index is -0.336. The Bertz CT molecular complexity index is 1190. The maximum absolute atomic E-state index is 13.6. The van der Waals surface area contributed by atoms with Crippen molar-refractivity contribution in [3.05, 3.63) is 107 Å². The summed E-state index contributed by atoms with van der Waals surface area (Å²) in [6, 6.07) is 17.4. The largest absolute Gasteiger partial charge is 0.293 e. The standard InChI is InChI=1S/C26H21F2N3O/c27-20-11-7-17(8-12-20)16-19-4-3-5-22-24(19)30-31(26(32)23-6-1-2-15-29-23)25(22)18-9-13-21(28)14-10-18/h1-2,6-16,22,25H,3-5H2/b19-16+/t22-,25-/m1/s1. The summed E-state index contributed by atoms with van der Waals surface area (Å²) in [4.78, 5) is 17.6. The average Bonchev–Trinajstić information content (AvgIpc) is 3.22. The lowest BCUT2D eigenvalue weighted by Gasteiger charge is -2.29. The first-order chi connectivity index (χ1) is 15.6. The van der Waals surface area contributed by atoms with Gasteiger partial charge in [-0.15, -0.1) is 0 Å². The summed E-state index contributed by atoms with van der Waals surface area (Å²) >= 11 is 0. The summed E-state index contributed by atoms with van der Waals surface area (Å²) < 4.78 is 26.9. The van der Waals surface area contributed by atoms with E-state index in [1.807, 2.05) is 6.08 Å². The predicted molar refractivity (Wildman–Crippen MR) is 119 cm³/mol. The van der Waals surface area contributed by atoms with Gasteiger partial charge in [0.2, 0.25) is 0 Å². The zero-order valence-electron chi connectivity index (χ0n) is 17.3. The van der Waals surface area contributed by atoms with E-state index in [1.54, 1.807) is 48.7 Å². The SMILES string of the molecule is O=C(c1ccccn1)N1N=C2/C(=C/c3ccc(F)cc3)CCC[C@H]2[C@H]1c1ccc(F)cc1. The van der Waals surface area contributed by atoms with Crippen LogP contribution in [0.15, 0.2) is 83.6 Å². The Morgan fingerprint density at radius 3 is 2.38 bits per heavy atom. The van der Waals surface area contributed by atoms with Crippen LogP contribution in [0, 0.1) is 17.6 Å².